The lowest BCUT2D eigenvalue weighted by molar-refractivity contribution is 0.470. The average molecular weight is 338 g/mol. The van der Waals surface area contributed by atoms with Gasteiger partial charge < -0.3 is 9.67 Å². The third-order valence-corrected chi connectivity index (χ3v) is 4.33. The van der Waals surface area contributed by atoms with E-state index in [-0.39, 0.29) is 0 Å². The number of fused-ring (bicyclic) bond motifs is 1. The Hall–Kier alpha value is -3.51. The molecule has 4 rings (SSSR count). The molecule has 0 aliphatic heterocycles. The number of phenolic OH excluding ortho intramolecular Hbond substituents is 1. The van der Waals surface area contributed by atoms with Crippen molar-refractivity contribution in [3.63, 3.8) is 0 Å². The Balaban J connectivity index is 1.62. The zero-order valence-electron chi connectivity index (χ0n) is 14.3. The van der Waals surface area contributed by atoms with Gasteiger partial charge in [0.1, 0.15) is 5.75 Å². The largest absolute Gasteiger partial charge is 0.508 e. The Morgan fingerprint density at radius 2 is 1.85 bits per heavy atom. The van der Waals surface area contributed by atoms with Gasteiger partial charge >= 0.3 is 0 Å². The summed E-state index contributed by atoms with van der Waals surface area (Å²) in [6.07, 6.45) is 6.11. The van der Waals surface area contributed by atoms with Crippen molar-refractivity contribution in [2.45, 2.75) is 13.0 Å². The molecule has 0 aliphatic carbocycles. The number of hydrogen-bond acceptors (Lipinski definition) is 2. The number of nitrogens with zero attached hydrogens (tertiary/aromatic N) is 2. The number of hydrogen-bond donors (Lipinski definition) is 1. The van der Waals surface area contributed by atoms with E-state index in [4.69, 9.17) is 0 Å². The number of phenols is 1. The molecule has 0 fully saturated rings. The number of benzene rings is 3. The lowest BCUT2D eigenvalue weighted by Gasteiger charge is -2.08. The average Bonchev–Trinajstić information content (AvgIpc) is 3.17. The predicted molar refractivity (Wildman–Crippen MR) is 104 cm³/mol. The Morgan fingerprint density at radius 3 is 2.65 bits per heavy atom. The van der Waals surface area contributed by atoms with Gasteiger partial charge in [-0.2, -0.15) is 0 Å². The van der Waals surface area contributed by atoms with Gasteiger partial charge in [-0.3, -0.25) is 0 Å². The van der Waals surface area contributed by atoms with E-state index in [2.05, 4.69) is 41.1 Å². The Bertz CT molecular complexity index is 1090. The van der Waals surface area contributed by atoms with Crippen molar-refractivity contribution in [1.29, 1.82) is 0 Å². The maximum atomic E-state index is 10.3. The summed E-state index contributed by atoms with van der Waals surface area (Å²) in [5, 5.41) is 12.4. The first-order valence-corrected chi connectivity index (χ1v) is 8.52. The van der Waals surface area contributed by atoms with Gasteiger partial charge in [-0.05, 0) is 46.2 Å². The molecule has 0 saturated heterocycles. The molecule has 0 bridgehead atoms. The van der Waals surface area contributed by atoms with Gasteiger partial charge in [-0.15, -0.1) is 0 Å². The summed E-state index contributed by atoms with van der Waals surface area (Å²) in [7, 11) is 0. The van der Waals surface area contributed by atoms with Crippen LogP contribution in [0, 0.1) is 11.8 Å². The van der Waals surface area contributed by atoms with Gasteiger partial charge in [0, 0.05) is 24.4 Å². The SMILES string of the molecule is Oc1cc2ccc(C#CCn3ccnc3)cc2cc1Cc1ccccc1. The van der Waals surface area contributed by atoms with Crippen LogP contribution in [-0.2, 0) is 13.0 Å². The fourth-order valence-corrected chi connectivity index (χ4v) is 2.98. The maximum absolute atomic E-state index is 10.3. The van der Waals surface area contributed by atoms with Crippen LogP contribution in [0.5, 0.6) is 5.75 Å². The molecule has 0 atom stereocenters. The molecule has 3 heteroatoms. The zero-order valence-corrected chi connectivity index (χ0v) is 14.3. The highest BCUT2D eigenvalue weighted by Crippen LogP contribution is 2.27. The molecule has 1 heterocycles. The van der Waals surface area contributed by atoms with Gasteiger partial charge in [0.15, 0.2) is 0 Å². The molecule has 0 unspecified atom stereocenters. The standard InChI is InChI=1S/C23H18N2O/c26-23-16-20-9-8-19(7-4-11-25-12-10-24-17-25)13-21(20)15-22(23)14-18-5-2-1-3-6-18/h1-3,5-6,8-10,12-13,15-17,26H,11,14H2. The van der Waals surface area contributed by atoms with Crippen molar-refractivity contribution in [2.75, 3.05) is 0 Å². The van der Waals surface area contributed by atoms with Crippen LogP contribution in [0.1, 0.15) is 16.7 Å². The highest BCUT2D eigenvalue weighted by atomic mass is 16.3. The second-order valence-electron chi connectivity index (χ2n) is 6.24. The van der Waals surface area contributed by atoms with E-state index in [0.717, 1.165) is 21.9 Å². The predicted octanol–water partition coefficient (Wildman–Crippen LogP) is 4.38. The summed E-state index contributed by atoms with van der Waals surface area (Å²) >= 11 is 0. The van der Waals surface area contributed by atoms with Crippen LogP contribution < -0.4 is 0 Å². The summed E-state index contributed by atoms with van der Waals surface area (Å²) in [5.41, 5.74) is 3.07. The van der Waals surface area contributed by atoms with Crippen LogP contribution in [0.4, 0.5) is 0 Å². The molecular weight excluding hydrogens is 320 g/mol. The molecule has 0 aliphatic rings. The third kappa shape index (κ3) is 3.60. The quantitative estimate of drug-likeness (QED) is 0.563. The van der Waals surface area contributed by atoms with Crippen LogP contribution in [0.2, 0.25) is 0 Å². The molecule has 0 amide bonds. The molecule has 4 aromatic rings. The van der Waals surface area contributed by atoms with Gasteiger partial charge in [0.2, 0.25) is 0 Å². The molecular formula is C23H18N2O. The molecule has 1 aromatic heterocycles. The van der Waals surface area contributed by atoms with Crippen LogP contribution in [0.3, 0.4) is 0 Å². The van der Waals surface area contributed by atoms with Crippen molar-refractivity contribution in [2.24, 2.45) is 0 Å². The van der Waals surface area contributed by atoms with E-state index in [1.807, 2.05) is 47.2 Å². The topological polar surface area (TPSA) is 38.0 Å². The molecule has 0 radical (unpaired) electrons. The monoisotopic (exact) mass is 338 g/mol. The molecule has 26 heavy (non-hydrogen) atoms. The fraction of sp³-hybridized carbons (Fsp3) is 0.0870. The van der Waals surface area contributed by atoms with Crippen LogP contribution in [-0.4, -0.2) is 14.7 Å². The van der Waals surface area contributed by atoms with Gasteiger partial charge in [0.25, 0.3) is 0 Å². The highest BCUT2D eigenvalue weighted by Gasteiger charge is 2.06. The van der Waals surface area contributed by atoms with Gasteiger partial charge in [0.05, 0.1) is 12.9 Å². The normalized spacial score (nSPS) is 10.5. The van der Waals surface area contributed by atoms with E-state index < -0.39 is 0 Å². The Labute approximate surface area is 152 Å². The molecule has 0 spiro atoms. The van der Waals surface area contributed by atoms with Crippen molar-refractivity contribution in [1.82, 2.24) is 9.55 Å². The Morgan fingerprint density at radius 1 is 0.962 bits per heavy atom. The summed E-state index contributed by atoms with van der Waals surface area (Å²) in [4.78, 5) is 4.01. The van der Waals surface area contributed by atoms with Crippen molar-refractivity contribution < 1.29 is 5.11 Å². The zero-order chi connectivity index (χ0) is 17.8. The summed E-state index contributed by atoms with van der Waals surface area (Å²) in [5.74, 6) is 6.69. The van der Waals surface area contributed by atoms with E-state index in [1.54, 1.807) is 12.5 Å². The minimum atomic E-state index is 0.334. The smallest absolute Gasteiger partial charge is 0.119 e. The summed E-state index contributed by atoms with van der Waals surface area (Å²) in [6.45, 7) is 0.618. The first-order valence-electron chi connectivity index (χ1n) is 8.52. The first-order chi connectivity index (χ1) is 12.8. The van der Waals surface area contributed by atoms with E-state index in [9.17, 15) is 5.11 Å². The summed E-state index contributed by atoms with van der Waals surface area (Å²) < 4.78 is 1.93. The van der Waals surface area contributed by atoms with Crippen LogP contribution in [0.15, 0.2) is 79.4 Å². The number of imidazole rings is 1. The molecule has 3 nitrogen and oxygen atoms in total. The lowest BCUT2D eigenvalue weighted by atomic mass is 9.99. The van der Waals surface area contributed by atoms with Crippen molar-refractivity contribution in [3.8, 4) is 17.6 Å². The second-order valence-corrected chi connectivity index (χ2v) is 6.24. The lowest BCUT2D eigenvalue weighted by Crippen LogP contribution is -1.91. The Kier molecular flexibility index (Phi) is 4.40. The molecule has 1 N–H and O–H groups in total. The minimum Gasteiger partial charge on any atom is -0.508 e. The molecule has 0 saturated carbocycles. The second kappa shape index (κ2) is 7.16. The van der Waals surface area contributed by atoms with E-state index in [1.165, 1.54) is 5.56 Å². The van der Waals surface area contributed by atoms with E-state index >= 15 is 0 Å². The van der Waals surface area contributed by atoms with Gasteiger partial charge in [-0.1, -0.05) is 48.2 Å². The van der Waals surface area contributed by atoms with Crippen molar-refractivity contribution in [3.05, 3.63) is 96.1 Å². The minimum absolute atomic E-state index is 0.334. The highest BCUT2D eigenvalue weighted by molar-refractivity contribution is 5.86. The third-order valence-electron chi connectivity index (χ3n) is 4.33. The van der Waals surface area contributed by atoms with E-state index in [0.29, 0.717) is 18.7 Å². The molecule has 126 valence electrons. The number of rotatable bonds is 3. The van der Waals surface area contributed by atoms with Crippen LogP contribution >= 0.6 is 0 Å². The summed E-state index contributed by atoms with van der Waals surface area (Å²) in [6, 6.07) is 20.1. The fourth-order valence-electron chi connectivity index (χ4n) is 2.98. The van der Waals surface area contributed by atoms with Crippen molar-refractivity contribution >= 4 is 10.8 Å². The van der Waals surface area contributed by atoms with Crippen LogP contribution in [0.25, 0.3) is 10.8 Å². The molecule has 3 aromatic carbocycles. The van der Waals surface area contributed by atoms with Gasteiger partial charge in [-0.25, -0.2) is 4.98 Å². The number of aromatic hydroxyl groups is 1. The maximum Gasteiger partial charge on any atom is 0.119 e. The first kappa shape index (κ1) is 16.0. The number of aromatic nitrogens is 2.